The molecule has 36 heavy (non-hydrogen) atoms. The molecule has 0 spiro atoms. The fourth-order valence-electron chi connectivity index (χ4n) is 3.57. The first-order chi connectivity index (χ1) is 16.7. The van der Waals surface area contributed by atoms with Crippen LogP contribution in [0.25, 0.3) is 33.1 Å². The van der Waals surface area contributed by atoms with Gasteiger partial charge in [0.05, 0.1) is 27.5 Å². The average Bonchev–Trinajstić information content (AvgIpc) is 3.28. The van der Waals surface area contributed by atoms with E-state index in [1.165, 1.54) is 12.1 Å². The third-order valence-electron chi connectivity index (χ3n) is 5.07. The lowest BCUT2D eigenvalue weighted by Crippen LogP contribution is -2.40. The van der Waals surface area contributed by atoms with Gasteiger partial charge >= 0.3 is 6.18 Å². The van der Waals surface area contributed by atoms with Gasteiger partial charge in [-0.3, -0.25) is 4.98 Å². The molecule has 0 atom stereocenters. The number of benzene rings is 1. The topological polar surface area (TPSA) is 72.0 Å². The summed E-state index contributed by atoms with van der Waals surface area (Å²) in [6.45, 7) is 7.22. The van der Waals surface area contributed by atoms with Gasteiger partial charge in [-0.2, -0.15) is 13.2 Å². The summed E-state index contributed by atoms with van der Waals surface area (Å²) in [6, 6.07) is 15.5. The number of aryl methyl sites for hydroxylation is 1. The maximum absolute atomic E-state index is 12.9. The Morgan fingerprint density at radius 3 is 2.08 bits per heavy atom. The number of thiophene rings is 1. The number of alkyl halides is 3. The maximum atomic E-state index is 12.9. The zero-order chi connectivity index (χ0) is 26.3. The highest BCUT2D eigenvalue weighted by atomic mass is 32.2. The lowest BCUT2D eigenvalue weighted by Gasteiger charge is -2.19. The van der Waals surface area contributed by atoms with Crippen LogP contribution in [-0.2, 0) is 16.2 Å². The predicted octanol–water partition coefficient (Wildman–Crippen LogP) is 6.94. The molecule has 188 valence electrons. The number of hydrogen-bond acceptors (Lipinski definition) is 5. The van der Waals surface area contributed by atoms with Gasteiger partial charge in [0.1, 0.15) is 4.21 Å². The lowest BCUT2D eigenvalue weighted by atomic mass is 10.0. The molecular formula is C26H24F3N3O2S2. The number of nitrogens with one attached hydrogen (secondary N) is 1. The Hall–Kier alpha value is -3.08. The van der Waals surface area contributed by atoms with Crippen molar-refractivity contribution in [3.63, 3.8) is 0 Å². The quantitative estimate of drug-likeness (QED) is 0.303. The molecule has 0 saturated carbocycles. The minimum absolute atomic E-state index is 0.192. The van der Waals surface area contributed by atoms with Crippen LogP contribution in [0.3, 0.4) is 0 Å². The van der Waals surface area contributed by atoms with Crippen LogP contribution in [0.1, 0.15) is 31.9 Å². The van der Waals surface area contributed by atoms with Gasteiger partial charge < -0.3 is 0 Å². The van der Waals surface area contributed by atoms with E-state index < -0.39 is 27.3 Å². The van der Waals surface area contributed by atoms with E-state index >= 15 is 0 Å². The third kappa shape index (κ3) is 6.00. The second kappa shape index (κ2) is 9.42. The summed E-state index contributed by atoms with van der Waals surface area (Å²) < 4.78 is 67.0. The molecule has 0 amide bonds. The van der Waals surface area contributed by atoms with Crippen molar-refractivity contribution in [1.82, 2.24) is 14.7 Å². The molecular weight excluding hydrogens is 507 g/mol. The van der Waals surface area contributed by atoms with E-state index in [-0.39, 0.29) is 4.21 Å². The van der Waals surface area contributed by atoms with E-state index in [0.717, 1.165) is 34.6 Å². The molecule has 4 aromatic rings. The lowest BCUT2D eigenvalue weighted by molar-refractivity contribution is -0.137. The van der Waals surface area contributed by atoms with Gasteiger partial charge in [0.25, 0.3) is 10.0 Å². The van der Waals surface area contributed by atoms with Crippen LogP contribution in [0.2, 0.25) is 0 Å². The van der Waals surface area contributed by atoms with Gasteiger partial charge in [0, 0.05) is 22.9 Å². The van der Waals surface area contributed by atoms with Crippen molar-refractivity contribution in [1.29, 1.82) is 0 Å². The number of aromatic nitrogens is 2. The zero-order valence-corrected chi connectivity index (χ0v) is 21.6. The fourth-order valence-corrected chi connectivity index (χ4v) is 6.27. The highest BCUT2D eigenvalue weighted by Crippen LogP contribution is 2.34. The predicted molar refractivity (Wildman–Crippen MR) is 136 cm³/mol. The minimum atomic E-state index is -4.40. The van der Waals surface area contributed by atoms with Gasteiger partial charge in [0.2, 0.25) is 0 Å². The first-order valence-electron chi connectivity index (χ1n) is 11.0. The number of sulfonamides is 1. The molecule has 4 rings (SSSR count). The van der Waals surface area contributed by atoms with Gasteiger partial charge in [-0.05, 0) is 81.8 Å². The van der Waals surface area contributed by atoms with Crippen molar-refractivity contribution in [2.45, 2.75) is 43.6 Å². The van der Waals surface area contributed by atoms with E-state index in [4.69, 9.17) is 0 Å². The normalized spacial score (nSPS) is 12.6. The van der Waals surface area contributed by atoms with Crippen LogP contribution in [0.4, 0.5) is 13.2 Å². The van der Waals surface area contributed by atoms with E-state index in [2.05, 4.69) is 14.7 Å². The van der Waals surface area contributed by atoms with Crippen molar-refractivity contribution in [2.24, 2.45) is 0 Å². The smallest absolute Gasteiger partial charge is 0.255 e. The molecule has 3 heterocycles. The first-order valence-corrected chi connectivity index (χ1v) is 13.3. The molecule has 1 aromatic carbocycles. The molecule has 0 aliphatic rings. The summed E-state index contributed by atoms with van der Waals surface area (Å²) >= 11 is 1.12. The Balaban J connectivity index is 1.67. The molecule has 0 aliphatic heterocycles. The van der Waals surface area contributed by atoms with Crippen LogP contribution >= 0.6 is 11.3 Å². The van der Waals surface area contributed by atoms with Crippen LogP contribution in [0.15, 0.2) is 71.1 Å². The van der Waals surface area contributed by atoms with E-state index in [1.807, 2.05) is 25.1 Å². The molecule has 0 aliphatic carbocycles. The maximum Gasteiger partial charge on any atom is 0.416 e. The Kier molecular flexibility index (Phi) is 6.80. The SMILES string of the molecule is Cc1cc(-c2ccc(C(F)(F)F)cc2)nc(-c2ccnc(-c3ccc(S(=O)(=O)NC(C)(C)C)s3)c2)c1. The number of hydrogen-bond donors (Lipinski definition) is 1. The molecule has 0 bridgehead atoms. The van der Waals surface area contributed by atoms with Crippen LogP contribution in [0.5, 0.6) is 0 Å². The minimum Gasteiger partial charge on any atom is -0.255 e. The summed E-state index contributed by atoms with van der Waals surface area (Å²) in [6.07, 6.45) is -2.78. The Morgan fingerprint density at radius 1 is 0.833 bits per heavy atom. The van der Waals surface area contributed by atoms with Crippen LogP contribution in [0, 0.1) is 6.92 Å². The average molecular weight is 532 g/mol. The van der Waals surface area contributed by atoms with Crippen molar-refractivity contribution in [3.8, 4) is 33.1 Å². The molecule has 0 saturated heterocycles. The first kappa shape index (κ1) is 26.0. The largest absolute Gasteiger partial charge is 0.416 e. The molecule has 10 heteroatoms. The summed E-state index contributed by atoms with van der Waals surface area (Å²) in [7, 11) is -3.66. The number of halogens is 3. The van der Waals surface area contributed by atoms with Gasteiger partial charge in [-0.1, -0.05) is 12.1 Å². The van der Waals surface area contributed by atoms with Gasteiger partial charge in [-0.25, -0.2) is 18.1 Å². The molecule has 3 aromatic heterocycles. The standard InChI is InChI=1S/C26H24F3N3O2S2/c1-16-13-20(17-5-7-19(8-6-17)26(27,28)29)31-21(14-16)18-11-12-30-22(15-18)23-9-10-24(35-23)36(33,34)32-25(2,3)4/h5-15,32H,1-4H3. The van der Waals surface area contributed by atoms with Crippen molar-refractivity contribution in [2.75, 3.05) is 0 Å². The van der Waals surface area contributed by atoms with Crippen molar-refractivity contribution >= 4 is 21.4 Å². The number of nitrogens with zero attached hydrogens (tertiary/aromatic N) is 2. The second-order valence-corrected chi connectivity index (χ2v) is 12.4. The molecule has 0 fully saturated rings. The summed E-state index contributed by atoms with van der Waals surface area (Å²) in [5, 5.41) is 0. The number of rotatable bonds is 5. The summed E-state index contributed by atoms with van der Waals surface area (Å²) in [5.41, 5.74) is 2.67. The Labute approximate surface area is 212 Å². The zero-order valence-electron chi connectivity index (χ0n) is 20.0. The van der Waals surface area contributed by atoms with Crippen LogP contribution < -0.4 is 4.72 Å². The van der Waals surface area contributed by atoms with Gasteiger partial charge in [-0.15, -0.1) is 11.3 Å². The highest BCUT2D eigenvalue weighted by Gasteiger charge is 2.30. The van der Waals surface area contributed by atoms with E-state index in [9.17, 15) is 21.6 Å². The summed E-state index contributed by atoms with van der Waals surface area (Å²) in [4.78, 5) is 9.76. The van der Waals surface area contributed by atoms with E-state index in [0.29, 0.717) is 27.5 Å². The molecule has 5 nitrogen and oxygen atoms in total. The van der Waals surface area contributed by atoms with Crippen LogP contribution in [-0.4, -0.2) is 23.9 Å². The monoisotopic (exact) mass is 531 g/mol. The molecule has 1 N–H and O–H groups in total. The fraction of sp³-hybridized carbons (Fsp3) is 0.231. The third-order valence-corrected chi connectivity index (χ3v) is 8.43. The summed E-state index contributed by atoms with van der Waals surface area (Å²) in [5.74, 6) is 0. The highest BCUT2D eigenvalue weighted by molar-refractivity contribution is 7.91. The second-order valence-electron chi connectivity index (χ2n) is 9.39. The van der Waals surface area contributed by atoms with Crippen molar-refractivity contribution in [3.05, 3.63) is 78.0 Å². The Morgan fingerprint density at radius 2 is 1.47 bits per heavy atom. The Bertz CT molecular complexity index is 1500. The number of pyridine rings is 2. The van der Waals surface area contributed by atoms with Crippen molar-refractivity contribution < 1.29 is 21.6 Å². The molecule has 0 radical (unpaired) electrons. The van der Waals surface area contributed by atoms with Gasteiger partial charge in [0.15, 0.2) is 0 Å². The molecule has 0 unspecified atom stereocenters. The van der Waals surface area contributed by atoms with E-state index in [1.54, 1.807) is 45.2 Å².